The van der Waals surface area contributed by atoms with Crippen molar-refractivity contribution in [1.29, 1.82) is 0 Å². The number of nitrogens with one attached hydrogen (secondary N) is 1. The molecule has 6 nitrogen and oxygen atoms in total. The van der Waals surface area contributed by atoms with Gasteiger partial charge in [-0.1, -0.05) is 15.9 Å². The molecule has 2 amide bonds. The van der Waals surface area contributed by atoms with E-state index >= 15 is 0 Å². The van der Waals surface area contributed by atoms with Gasteiger partial charge in [-0.25, -0.2) is 0 Å². The van der Waals surface area contributed by atoms with Gasteiger partial charge in [0.1, 0.15) is 12.3 Å². The normalized spacial score (nSPS) is 19.6. The molecular weight excluding hydrogens is 410 g/mol. The standard InChI is InChI=1S/C20H20BrN3O3/c21-12-5-6-13-14(9-12)20(7-8-20)11-24(18(13)26)10-17(25)23-19-22-15-3-1-2-4-16(15)27-19/h5-6,9H,1-4,7-8,10-11H2,(H,22,23,25). The minimum Gasteiger partial charge on any atom is -0.428 e. The Labute approximate surface area is 165 Å². The Bertz CT molecular complexity index is 924. The van der Waals surface area contributed by atoms with E-state index in [2.05, 4.69) is 32.3 Å². The number of fused-ring (bicyclic) bond motifs is 3. The molecule has 0 radical (unpaired) electrons. The minimum absolute atomic E-state index is 0.00925. The summed E-state index contributed by atoms with van der Waals surface area (Å²) in [6, 6.07) is 6.04. The molecule has 0 bridgehead atoms. The first-order valence-electron chi connectivity index (χ1n) is 9.42. The lowest BCUT2D eigenvalue weighted by molar-refractivity contribution is -0.117. The maximum atomic E-state index is 12.9. The van der Waals surface area contributed by atoms with Crippen LogP contribution in [-0.2, 0) is 23.1 Å². The first-order chi connectivity index (χ1) is 13.0. The molecule has 2 aliphatic carbocycles. The number of benzene rings is 1. The Balaban J connectivity index is 1.32. The van der Waals surface area contributed by atoms with Gasteiger partial charge in [0.25, 0.3) is 5.91 Å². The summed E-state index contributed by atoms with van der Waals surface area (Å²) in [4.78, 5) is 31.4. The molecule has 2 heterocycles. The lowest BCUT2D eigenvalue weighted by Crippen LogP contribution is -2.46. The van der Waals surface area contributed by atoms with Crippen LogP contribution in [-0.4, -0.2) is 34.8 Å². The second-order valence-corrected chi connectivity index (χ2v) is 8.69. The molecule has 0 unspecified atom stereocenters. The van der Waals surface area contributed by atoms with Crippen molar-refractivity contribution in [2.45, 2.75) is 43.9 Å². The first-order valence-corrected chi connectivity index (χ1v) is 10.2. The third kappa shape index (κ3) is 2.98. The number of nitrogens with zero attached hydrogens (tertiary/aromatic N) is 2. The smallest absolute Gasteiger partial charge is 0.301 e. The summed E-state index contributed by atoms with van der Waals surface area (Å²) in [6.07, 6.45) is 6.07. The number of halogens is 1. The number of hydrogen-bond donors (Lipinski definition) is 1. The van der Waals surface area contributed by atoms with Crippen molar-refractivity contribution in [2.24, 2.45) is 0 Å². The highest BCUT2D eigenvalue weighted by atomic mass is 79.9. The van der Waals surface area contributed by atoms with Gasteiger partial charge in [0.05, 0.1) is 5.69 Å². The van der Waals surface area contributed by atoms with E-state index in [4.69, 9.17) is 4.42 Å². The molecule has 0 saturated heterocycles. The van der Waals surface area contributed by atoms with E-state index in [1.807, 2.05) is 12.1 Å². The molecule has 1 spiro atoms. The molecule has 140 valence electrons. The second-order valence-electron chi connectivity index (χ2n) is 7.78. The maximum absolute atomic E-state index is 12.9. The third-order valence-corrected chi connectivity index (χ3v) is 6.34. The number of anilines is 1. The Morgan fingerprint density at radius 3 is 2.89 bits per heavy atom. The van der Waals surface area contributed by atoms with Crippen molar-refractivity contribution in [3.05, 3.63) is 45.3 Å². The quantitative estimate of drug-likeness (QED) is 0.810. The number of aromatic nitrogens is 1. The SMILES string of the molecule is O=C(CN1CC2(CC2)c2cc(Br)ccc2C1=O)Nc1nc2c(o1)CCCC2. The second kappa shape index (κ2) is 6.19. The highest BCUT2D eigenvalue weighted by Gasteiger charge is 2.51. The highest BCUT2D eigenvalue weighted by Crippen LogP contribution is 2.52. The number of carbonyl (C=O) groups is 2. The fraction of sp³-hybridized carbons (Fsp3) is 0.450. The summed E-state index contributed by atoms with van der Waals surface area (Å²) in [7, 11) is 0. The average molecular weight is 430 g/mol. The number of oxazole rings is 1. The number of hydrogen-bond acceptors (Lipinski definition) is 4. The van der Waals surface area contributed by atoms with Gasteiger partial charge in [-0.3, -0.25) is 14.9 Å². The minimum atomic E-state index is -0.265. The van der Waals surface area contributed by atoms with Gasteiger partial charge in [0.15, 0.2) is 0 Å². The summed E-state index contributed by atoms with van der Waals surface area (Å²) in [5.41, 5.74) is 2.78. The monoisotopic (exact) mass is 429 g/mol. The van der Waals surface area contributed by atoms with Gasteiger partial charge in [0, 0.05) is 28.4 Å². The Morgan fingerprint density at radius 1 is 1.30 bits per heavy atom. The van der Waals surface area contributed by atoms with Crippen LogP contribution in [0.4, 0.5) is 6.01 Å². The van der Waals surface area contributed by atoms with Gasteiger partial charge in [-0.15, -0.1) is 0 Å². The molecule has 1 N–H and O–H groups in total. The molecule has 27 heavy (non-hydrogen) atoms. The summed E-state index contributed by atoms with van der Waals surface area (Å²) in [5.74, 6) is 0.525. The number of amides is 2. The summed E-state index contributed by atoms with van der Waals surface area (Å²) < 4.78 is 6.65. The molecule has 2 aromatic rings. The van der Waals surface area contributed by atoms with Gasteiger partial charge in [0.2, 0.25) is 5.91 Å². The molecule has 1 fully saturated rings. The molecular formula is C20H20BrN3O3. The Morgan fingerprint density at radius 2 is 2.11 bits per heavy atom. The van der Waals surface area contributed by atoms with E-state index in [9.17, 15) is 9.59 Å². The number of rotatable bonds is 3. The van der Waals surface area contributed by atoms with E-state index in [0.29, 0.717) is 12.1 Å². The van der Waals surface area contributed by atoms with Crippen molar-refractivity contribution in [3.63, 3.8) is 0 Å². The molecule has 5 rings (SSSR count). The summed E-state index contributed by atoms with van der Waals surface area (Å²) >= 11 is 3.50. The highest BCUT2D eigenvalue weighted by molar-refractivity contribution is 9.10. The topological polar surface area (TPSA) is 75.4 Å². The van der Waals surface area contributed by atoms with Gasteiger partial charge < -0.3 is 9.32 Å². The third-order valence-electron chi connectivity index (χ3n) is 5.84. The molecule has 1 aromatic carbocycles. The van der Waals surface area contributed by atoms with Crippen LogP contribution in [0.15, 0.2) is 27.1 Å². The zero-order valence-electron chi connectivity index (χ0n) is 14.9. The van der Waals surface area contributed by atoms with Gasteiger partial charge in [-0.2, -0.15) is 4.98 Å². The molecule has 1 aliphatic heterocycles. The van der Waals surface area contributed by atoms with Crippen LogP contribution in [0.5, 0.6) is 0 Å². The van der Waals surface area contributed by atoms with Crippen molar-refractivity contribution < 1.29 is 14.0 Å². The van der Waals surface area contributed by atoms with E-state index in [1.165, 1.54) is 0 Å². The fourth-order valence-electron chi connectivity index (χ4n) is 4.28. The fourth-order valence-corrected chi connectivity index (χ4v) is 4.64. The van der Waals surface area contributed by atoms with Crippen LogP contribution in [0, 0.1) is 0 Å². The average Bonchev–Trinajstić information content (AvgIpc) is 3.30. The van der Waals surface area contributed by atoms with E-state index in [0.717, 1.165) is 60.0 Å². The van der Waals surface area contributed by atoms with Crippen LogP contribution in [0.1, 0.15) is 53.1 Å². The number of aryl methyl sites for hydroxylation is 2. The van der Waals surface area contributed by atoms with Gasteiger partial charge >= 0.3 is 6.01 Å². The van der Waals surface area contributed by atoms with Crippen molar-refractivity contribution >= 4 is 33.8 Å². The lowest BCUT2D eigenvalue weighted by atomic mass is 9.86. The van der Waals surface area contributed by atoms with Crippen LogP contribution < -0.4 is 5.32 Å². The predicted octanol–water partition coefficient (Wildman–Crippen LogP) is 3.44. The lowest BCUT2D eigenvalue weighted by Gasteiger charge is -2.34. The van der Waals surface area contributed by atoms with Crippen molar-refractivity contribution in [2.75, 3.05) is 18.4 Å². The molecule has 1 saturated carbocycles. The number of carbonyl (C=O) groups excluding carboxylic acids is 2. The Hall–Kier alpha value is -2.15. The van der Waals surface area contributed by atoms with Crippen LogP contribution in [0.2, 0.25) is 0 Å². The summed E-state index contributed by atoms with van der Waals surface area (Å²) in [5, 5.41) is 2.73. The Kier molecular flexibility index (Phi) is 3.89. The van der Waals surface area contributed by atoms with Crippen molar-refractivity contribution in [3.8, 4) is 0 Å². The largest absolute Gasteiger partial charge is 0.428 e. The van der Waals surface area contributed by atoms with Crippen molar-refractivity contribution in [1.82, 2.24) is 9.88 Å². The zero-order chi connectivity index (χ0) is 18.6. The molecule has 0 atom stereocenters. The van der Waals surface area contributed by atoms with Crippen LogP contribution in [0.25, 0.3) is 0 Å². The van der Waals surface area contributed by atoms with Crippen LogP contribution in [0.3, 0.4) is 0 Å². The zero-order valence-corrected chi connectivity index (χ0v) is 16.5. The van der Waals surface area contributed by atoms with Gasteiger partial charge in [-0.05, 0) is 55.9 Å². The first kappa shape index (κ1) is 17.0. The molecule has 7 heteroatoms. The maximum Gasteiger partial charge on any atom is 0.301 e. The molecule has 1 aromatic heterocycles. The predicted molar refractivity (Wildman–Crippen MR) is 103 cm³/mol. The van der Waals surface area contributed by atoms with E-state index in [1.54, 1.807) is 4.90 Å². The summed E-state index contributed by atoms with van der Waals surface area (Å²) in [6.45, 7) is 0.605. The van der Waals surface area contributed by atoms with E-state index < -0.39 is 0 Å². The molecule has 3 aliphatic rings. The van der Waals surface area contributed by atoms with Crippen LogP contribution >= 0.6 is 15.9 Å². The van der Waals surface area contributed by atoms with E-state index in [-0.39, 0.29) is 29.8 Å².